The van der Waals surface area contributed by atoms with Crippen molar-refractivity contribution in [1.82, 2.24) is 4.98 Å². The fourth-order valence-electron chi connectivity index (χ4n) is 2.53. The highest BCUT2D eigenvalue weighted by atomic mass is 32.1. The Morgan fingerprint density at radius 1 is 1.17 bits per heavy atom. The van der Waals surface area contributed by atoms with Crippen LogP contribution in [-0.4, -0.2) is 23.7 Å². The second-order valence-electron chi connectivity index (χ2n) is 6.44. The Morgan fingerprint density at radius 2 is 1.93 bits per heavy atom. The van der Waals surface area contributed by atoms with Crippen molar-refractivity contribution < 1.29 is 9.53 Å². The molecule has 1 heterocycles. The Balaban J connectivity index is 1.54. The van der Waals surface area contributed by atoms with E-state index in [0.717, 1.165) is 47.7 Å². The monoisotopic (exact) mass is 408 g/mol. The number of unbranched alkanes of at least 4 members (excludes halogenated alkanes) is 1. The van der Waals surface area contributed by atoms with E-state index in [1.807, 2.05) is 53.9 Å². The molecule has 0 aliphatic carbocycles. The maximum atomic E-state index is 11.1. The molecule has 1 amide bonds. The van der Waals surface area contributed by atoms with Gasteiger partial charge in [-0.05, 0) is 48.4 Å². The maximum Gasteiger partial charge on any atom is 0.221 e. The Morgan fingerprint density at radius 3 is 2.62 bits per heavy atom. The molecule has 0 bridgehead atoms. The van der Waals surface area contributed by atoms with Crippen molar-refractivity contribution in [3.05, 3.63) is 59.5 Å². The van der Waals surface area contributed by atoms with Crippen LogP contribution in [0.25, 0.3) is 11.3 Å². The summed E-state index contributed by atoms with van der Waals surface area (Å²) in [7, 11) is 0. The first-order valence-corrected chi connectivity index (χ1v) is 10.4. The van der Waals surface area contributed by atoms with Gasteiger partial charge in [0, 0.05) is 23.6 Å². The summed E-state index contributed by atoms with van der Waals surface area (Å²) in [5.41, 5.74) is 6.54. The summed E-state index contributed by atoms with van der Waals surface area (Å²) in [6.45, 7) is 4.38. The van der Waals surface area contributed by atoms with Gasteiger partial charge in [0.15, 0.2) is 0 Å². The summed E-state index contributed by atoms with van der Waals surface area (Å²) >= 11 is 1.48. The van der Waals surface area contributed by atoms with Crippen molar-refractivity contribution in [2.75, 3.05) is 17.3 Å². The van der Waals surface area contributed by atoms with Gasteiger partial charge in [-0.3, -0.25) is 10.2 Å². The topological polar surface area (TPSA) is 75.6 Å². The normalized spacial score (nSPS) is 10.8. The number of carbonyl (C=O) groups is 1. The van der Waals surface area contributed by atoms with Crippen LogP contribution < -0.4 is 15.5 Å². The van der Waals surface area contributed by atoms with Crippen LogP contribution in [0.1, 0.15) is 32.3 Å². The van der Waals surface area contributed by atoms with E-state index >= 15 is 0 Å². The van der Waals surface area contributed by atoms with E-state index in [4.69, 9.17) is 4.74 Å². The number of ether oxygens (including phenoxy) is 1. The molecule has 0 spiro atoms. The molecule has 0 saturated heterocycles. The molecule has 29 heavy (non-hydrogen) atoms. The molecule has 2 aromatic carbocycles. The number of nitrogens with zero attached hydrogens (tertiary/aromatic N) is 2. The van der Waals surface area contributed by atoms with Crippen molar-refractivity contribution in [2.24, 2.45) is 5.10 Å². The maximum absolute atomic E-state index is 11.1. The van der Waals surface area contributed by atoms with Crippen molar-refractivity contribution in [1.29, 1.82) is 0 Å². The highest BCUT2D eigenvalue weighted by Gasteiger charge is 2.04. The molecule has 0 radical (unpaired) electrons. The number of amides is 1. The SMILES string of the molecule is CCCCOc1ccc(/C=N\Nc2nc(-c3ccc(NC(C)=O)cc3)cs2)cc1. The smallest absolute Gasteiger partial charge is 0.221 e. The zero-order chi connectivity index (χ0) is 20.5. The molecule has 1 aromatic heterocycles. The van der Waals surface area contributed by atoms with Gasteiger partial charge in [0.1, 0.15) is 5.75 Å². The second-order valence-corrected chi connectivity index (χ2v) is 7.30. The van der Waals surface area contributed by atoms with Crippen LogP contribution in [0.2, 0.25) is 0 Å². The van der Waals surface area contributed by atoms with Crippen LogP contribution in [0.3, 0.4) is 0 Å². The van der Waals surface area contributed by atoms with Gasteiger partial charge in [-0.1, -0.05) is 25.5 Å². The first-order chi connectivity index (χ1) is 14.1. The van der Waals surface area contributed by atoms with E-state index in [1.54, 1.807) is 6.21 Å². The van der Waals surface area contributed by atoms with Gasteiger partial charge in [0.2, 0.25) is 11.0 Å². The first kappa shape index (κ1) is 20.5. The minimum absolute atomic E-state index is 0.0885. The average Bonchev–Trinajstić information content (AvgIpc) is 3.18. The van der Waals surface area contributed by atoms with Gasteiger partial charge in [-0.15, -0.1) is 11.3 Å². The van der Waals surface area contributed by atoms with Gasteiger partial charge >= 0.3 is 0 Å². The van der Waals surface area contributed by atoms with E-state index in [2.05, 4.69) is 27.8 Å². The molecule has 7 heteroatoms. The molecule has 150 valence electrons. The summed E-state index contributed by atoms with van der Waals surface area (Å²) < 4.78 is 5.66. The van der Waals surface area contributed by atoms with Crippen LogP contribution in [0.15, 0.2) is 59.0 Å². The average molecular weight is 409 g/mol. The van der Waals surface area contributed by atoms with E-state index in [-0.39, 0.29) is 5.91 Å². The number of anilines is 2. The predicted octanol–water partition coefficient (Wildman–Crippen LogP) is 5.39. The fraction of sp³-hybridized carbons (Fsp3) is 0.227. The van der Waals surface area contributed by atoms with Crippen molar-refractivity contribution in [3.8, 4) is 17.0 Å². The van der Waals surface area contributed by atoms with Crippen LogP contribution in [0.4, 0.5) is 10.8 Å². The van der Waals surface area contributed by atoms with Crippen molar-refractivity contribution in [3.63, 3.8) is 0 Å². The number of aromatic nitrogens is 1. The van der Waals surface area contributed by atoms with E-state index < -0.39 is 0 Å². The lowest BCUT2D eigenvalue weighted by Gasteiger charge is -2.04. The minimum Gasteiger partial charge on any atom is -0.494 e. The number of hydrazone groups is 1. The third-order valence-electron chi connectivity index (χ3n) is 4.03. The number of rotatable bonds is 9. The fourth-order valence-corrected chi connectivity index (χ4v) is 3.20. The zero-order valence-electron chi connectivity index (χ0n) is 16.5. The van der Waals surface area contributed by atoms with Crippen LogP contribution in [0.5, 0.6) is 5.75 Å². The molecule has 0 aliphatic rings. The number of carbonyl (C=O) groups excluding carboxylic acids is 1. The van der Waals surface area contributed by atoms with Gasteiger partial charge in [-0.2, -0.15) is 5.10 Å². The lowest BCUT2D eigenvalue weighted by Crippen LogP contribution is -2.05. The van der Waals surface area contributed by atoms with Gasteiger partial charge < -0.3 is 10.1 Å². The third-order valence-corrected chi connectivity index (χ3v) is 4.77. The Hall–Kier alpha value is -3.19. The Kier molecular flexibility index (Phi) is 7.35. The summed E-state index contributed by atoms with van der Waals surface area (Å²) in [5.74, 6) is 0.784. The predicted molar refractivity (Wildman–Crippen MR) is 120 cm³/mol. The van der Waals surface area contributed by atoms with E-state index in [1.165, 1.54) is 18.3 Å². The number of hydrogen-bond donors (Lipinski definition) is 2. The number of nitrogens with one attached hydrogen (secondary N) is 2. The van der Waals surface area contributed by atoms with Gasteiger partial charge in [0.25, 0.3) is 0 Å². The molecule has 0 aliphatic heterocycles. The van der Waals surface area contributed by atoms with E-state index in [9.17, 15) is 4.79 Å². The summed E-state index contributed by atoms with van der Waals surface area (Å²) in [5, 5.41) is 9.68. The van der Waals surface area contributed by atoms with Gasteiger partial charge in [0.05, 0.1) is 18.5 Å². The third kappa shape index (κ3) is 6.43. The second kappa shape index (κ2) is 10.4. The Labute approximate surface area is 174 Å². The minimum atomic E-state index is -0.0885. The quantitative estimate of drug-likeness (QED) is 0.283. The van der Waals surface area contributed by atoms with E-state index in [0.29, 0.717) is 5.13 Å². The number of benzene rings is 2. The lowest BCUT2D eigenvalue weighted by atomic mass is 10.1. The van der Waals surface area contributed by atoms with Crippen LogP contribution >= 0.6 is 11.3 Å². The molecule has 0 saturated carbocycles. The standard InChI is InChI=1S/C22H24N4O2S/c1-3-4-13-28-20-11-5-17(6-12-20)14-23-26-22-25-21(15-29-22)18-7-9-19(10-8-18)24-16(2)27/h5-12,14-15H,3-4,13H2,1-2H3,(H,24,27)(H,25,26)/b23-14-. The number of thiazole rings is 1. The number of hydrogen-bond acceptors (Lipinski definition) is 6. The van der Waals surface area contributed by atoms with Crippen molar-refractivity contribution in [2.45, 2.75) is 26.7 Å². The zero-order valence-corrected chi connectivity index (χ0v) is 17.3. The molecular weight excluding hydrogens is 384 g/mol. The molecule has 0 fully saturated rings. The lowest BCUT2D eigenvalue weighted by molar-refractivity contribution is -0.114. The summed E-state index contributed by atoms with van der Waals surface area (Å²) in [4.78, 5) is 15.6. The molecule has 6 nitrogen and oxygen atoms in total. The summed E-state index contributed by atoms with van der Waals surface area (Å²) in [6, 6.07) is 15.4. The largest absolute Gasteiger partial charge is 0.494 e. The molecule has 0 unspecified atom stereocenters. The highest BCUT2D eigenvalue weighted by molar-refractivity contribution is 7.14. The van der Waals surface area contributed by atoms with Crippen LogP contribution in [-0.2, 0) is 4.79 Å². The molecule has 0 atom stereocenters. The first-order valence-electron chi connectivity index (χ1n) is 9.49. The molecule has 3 rings (SSSR count). The van der Waals surface area contributed by atoms with Gasteiger partial charge in [-0.25, -0.2) is 4.98 Å². The highest BCUT2D eigenvalue weighted by Crippen LogP contribution is 2.26. The van der Waals surface area contributed by atoms with Crippen molar-refractivity contribution >= 4 is 34.3 Å². The molecule has 2 N–H and O–H groups in total. The summed E-state index contributed by atoms with van der Waals surface area (Å²) in [6.07, 6.45) is 3.93. The Bertz CT molecular complexity index is 950. The molecular formula is C22H24N4O2S. The van der Waals surface area contributed by atoms with Crippen LogP contribution in [0, 0.1) is 0 Å². The molecule has 3 aromatic rings.